The molecule has 0 amide bonds. The van der Waals surface area contributed by atoms with Crippen molar-refractivity contribution in [3.8, 4) is 5.75 Å². The molecule has 2 aromatic carbocycles. The van der Waals surface area contributed by atoms with Crippen molar-refractivity contribution in [2.75, 3.05) is 6.54 Å². The number of halogens is 1. The Balaban J connectivity index is 1.83. The number of nitrogens with zero attached hydrogens (tertiary/aromatic N) is 1. The lowest BCUT2D eigenvalue weighted by Crippen LogP contribution is -2.36. The molecule has 0 aliphatic carbocycles. The van der Waals surface area contributed by atoms with Gasteiger partial charge in [0.05, 0.1) is 0 Å². The van der Waals surface area contributed by atoms with Crippen LogP contribution in [0.25, 0.3) is 0 Å². The minimum absolute atomic E-state index is 0.202. The fourth-order valence-corrected chi connectivity index (χ4v) is 3.12. The Morgan fingerprint density at radius 3 is 2.68 bits per heavy atom. The Labute approximate surface area is 140 Å². The van der Waals surface area contributed by atoms with Gasteiger partial charge < -0.3 is 4.74 Å². The highest BCUT2D eigenvalue weighted by Gasteiger charge is 2.30. The van der Waals surface area contributed by atoms with Crippen molar-refractivity contribution < 1.29 is 4.74 Å². The van der Waals surface area contributed by atoms with Gasteiger partial charge in [0.25, 0.3) is 0 Å². The summed E-state index contributed by atoms with van der Waals surface area (Å²) in [6.45, 7) is 5.04. The summed E-state index contributed by atoms with van der Waals surface area (Å²) < 4.78 is 7.13. The highest BCUT2D eigenvalue weighted by atomic mass is 79.9. The normalized spacial score (nSPS) is 17.9. The molecule has 22 heavy (non-hydrogen) atoms. The lowest BCUT2D eigenvalue weighted by Gasteiger charge is -2.33. The average molecular weight is 358 g/mol. The molecule has 0 unspecified atom stereocenters. The summed E-state index contributed by atoms with van der Waals surface area (Å²) in [6, 6.07) is 16.6. The minimum Gasteiger partial charge on any atom is -0.487 e. The third-order valence-electron chi connectivity index (χ3n) is 3.78. The second-order valence-electron chi connectivity index (χ2n) is 6.24. The van der Waals surface area contributed by atoms with Crippen LogP contribution in [0.5, 0.6) is 5.75 Å². The van der Waals surface area contributed by atoms with Gasteiger partial charge in [-0.3, -0.25) is 4.99 Å². The number of aliphatic imine (C=N–C) groups is 1. The zero-order chi connectivity index (χ0) is 15.6. The van der Waals surface area contributed by atoms with Crippen LogP contribution >= 0.6 is 15.9 Å². The third-order valence-corrected chi connectivity index (χ3v) is 4.27. The van der Waals surface area contributed by atoms with E-state index in [-0.39, 0.29) is 5.60 Å². The minimum atomic E-state index is -0.202. The molecule has 1 heterocycles. The molecule has 0 saturated carbocycles. The molecule has 0 fully saturated rings. The van der Waals surface area contributed by atoms with Crippen molar-refractivity contribution in [2.45, 2.75) is 32.3 Å². The molecule has 0 bridgehead atoms. The van der Waals surface area contributed by atoms with E-state index in [0.29, 0.717) is 0 Å². The van der Waals surface area contributed by atoms with Crippen molar-refractivity contribution in [1.29, 1.82) is 0 Å². The maximum atomic E-state index is 6.07. The summed E-state index contributed by atoms with van der Waals surface area (Å²) in [4.78, 5) is 4.87. The molecule has 3 rings (SSSR count). The van der Waals surface area contributed by atoms with E-state index in [1.54, 1.807) is 0 Å². The van der Waals surface area contributed by atoms with Crippen LogP contribution in [0.15, 0.2) is 58.0 Å². The van der Waals surface area contributed by atoms with Crippen molar-refractivity contribution >= 4 is 21.6 Å². The summed E-state index contributed by atoms with van der Waals surface area (Å²) >= 11 is 3.54. The smallest absolute Gasteiger partial charge is 0.129 e. The molecule has 1 aliphatic rings. The molecular formula is C19H20BrNO. The summed E-state index contributed by atoms with van der Waals surface area (Å²) in [5.41, 5.74) is 3.38. The molecule has 0 atom stereocenters. The van der Waals surface area contributed by atoms with Crippen molar-refractivity contribution in [3.63, 3.8) is 0 Å². The molecule has 1 aliphatic heterocycles. The monoisotopic (exact) mass is 357 g/mol. The van der Waals surface area contributed by atoms with Gasteiger partial charge in [-0.25, -0.2) is 0 Å². The van der Waals surface area contributed by atoms with E-state index >= 15 is 0 Å². The zero-order valence-electron chi connectivity index (χ0n) is 13.0. The standard InChI is InChI=1S/C19H20BrNO/c1-19(2)13-17(16-12-15(20)8-9-18(16)22-19)21-11-10-14-6-4-3-5-7-14/h3-9,12H,10-11,13H2,1-2H3. The maximum Gasteiger partial charge on any atom is 0.129 e. The molecule has 2 aromatic rings. The molecular weight excluding hydrogens is 338 g/mol. The quantitative estimate of drug-likeness (QED) is 0.753. The van der Waals surface area contributed by atoms with Crippen LogP contribution in [0, 0.1) is 0 Å². The van der Waals surface area contributed by atoms with Crippen LogP contribution in [0.1, 0.15) is 31.4 Å². The number of rotatable bonds is 3. The summed E-state index contributed by atoms with van der Waals surface area (Å²) in [6.07, 6.45) is 1.81. The Morgan fingerprint density at radius 2 is 1.91 bits per heavy atom. The Morgan fingerprint density at radius 1 is 1.14 bits per heavy atom. The first-order valence-electron chi connectivity index (χ1n) is 7.60. The second kappa shape index (κ2) is 6.25. The van der Waals surface area contributed by atoms with E-state index in [1.165, 1.54) is 5.56 Å². The predicted octanol–water partition coefficient (Wildman–Crippen LogP) is 5.04. The first-order valence-corrected chi connectivity index (χ1v) is 8.39. The van der Waals surface area contributed by atoms with Gasteiger partial charge >= 0.3 is 0 Å². The van der Waals surface area contributed by atoms with E-state index in [4.69, 9.17) is 9.73 Å². The lowest BCUT2D eigenvalue weighted by molar-refractivity contribution is 0.111. The maximum absolute atomic E-state index is 6.07. The van der Waals surface area contributed by atoms with Gasteiger partial charge in [0.15, 0.2) is 0 Å². The number of benzene rings is 2. The van der Waals surface area contributed by atoms with Gasteiger partial charge in [0, 0.05) is 28.7 Å². The molecule has 3 heteroatoms. The van der Waals surface area contributed by atoms with Crippen LogP contribution in [0.4, 0.5) is 0 Å². The van der Waals surface area contributed by atoms with E-state index in [0.717, 1.165) is 40.9 Å². The third kappa shape index (κ3) is 3.58. The summed E-state index contributed by atoms with van der Waals surface area (Å²) in [5, 5.41) is 0. The number of hydrogen-bond donors (Lipinski definition) is 0. The molecule has 0 spiro atoms. The zero-order valence-corrected chi connectivity index (χ0v) is 14.6. The van der Waals surface area contributed by atoms with E-state index < -0.39 is 0 Å². The number of fused-ring (bicyclic) bond motifs is 1. The second-order valence-corrected chi connectivity index (χ2v) is 7.16. The lowest BCUT2D eigenvalue weighted by atomic mass is 9.92. The number of hydrogen-bond acceptors (Lipinski definition) is 2. The van der Waals surface area contributed by atoms with Crippen LogP contribution in [0.3, 0.4) is 0 Å². The molecule has 0 radical (unpaired) electrons. The highest BCUT2D eigenvalue weighted by molar-refractivity contribution is 9.10. The van der Waals surface area contributed by atoms with Crippen LogP contribution in [0.2, 0.25) is 0 Å². The van der Waals surface area contributed by atoms with Crippen molar-refractivity contribution in [3.05, 3.63) is 64.1 Å². The molecule has 2 nitrogen and oxygen atoms in total. The summed E-state index contributed by atoms with van der Waals surface area (Å²) in [5.74, 6) is 0.929. The van der Waals surface area contributed by atoms with Gasteiger partial charge in [0.1, 0.15) is 11.4 Å². The SMILES string of the molecule is CC1(C)CC(=NCCc2ccccc2)c2cc(Br)ccc2O1. The first kappa shape index (κ1) is 15.3. The van der Waals surface area contributed by atoms with Gasteiger partial charge in [-0.15, -0.1) is 0 Å². The Hall–Kier alpha value is -1.61. The topological polar surface area (TPSA) is 21.6 Å². The Kier molecular flexibility index (Phi) is 4.34. The molecule has 0 saturated heterocycles. The largest absolute Gasteiger partial charge is 0.487 e. The van der Waals surface area contributed by atoms with Crippen molar-refractivity contribution in [1.82, 2.24) is 0 Å². The fourth-order valence-electron chi connectivity index (χ4n) is 2.75. The van der Waals surface area contributed by atoms with E-state index in [1.807, 2.05) is 18.2 Å². The summed E-state index contributed by atoms with van der Waals surface area (Å²) in [7, 11) is 0. The predicted molar refractivity (Wildman–Crippen MR) is 95.0 cm³/mol. The van der Waals surface area contributed by atoms with Crippen LogP contribution in [-0.2, 0) is 6.42 Å². The Bertz CT molecular complexity index is 692. The highest BCUT2D eigenvalue weighted by Crippen LogP contribution is 2.35. The van der Waals surface area contributed by atoms with Gasteiger partial charge in [-0.1, -0.05) is 46.3 Å². The van der Waals surface area contributed by atoms with Crippen LogP contribution in [-0.4, -0.2) is 17.9 Å². The van der Waals surface area contributed by atoms with Gasteiger partial charge in [0.2, 0.25) is 0 Å². The van der Waals surface area contributed by atoms with E-state index in [9.17, 15) is 0 Å². The van der Waals surface area contributed by atoms with Gasteiger partial charge in [-0.05, 0) is 44.0 Å². The van der Waals surface area contributed by atoms with Crippen molar-refractivity contribution in [2.24, 2.45) is 4.99 Å². The molecule has 0 N–H and O–H groups in total. The van der Waals surface area contributed by atoms with Gasteiger partial charge in [-0.2, -0.15) is 0 Å². The average Bonchev–Trinajstić information content (AvgIpc) is 2.48. The molecule has 0 aromatic heterocycles. The fraction of sp³-hybridized carbons (Fsp3) is 0.316. The molecule has 114 valence electrons. The number of ether oxygens (including phenoxy) is 1. The first-order chi connectivity index (χ1) is 10.5. The van der Waals surface area contributed by atoms with Crippen LogP contribution < -0.4 is 4.74 Å². The van der Waals surface area contributed by atoms with E-state index in [2.05, 4.69) is 60.1 Å².